The van der Waals surface area contributed by atoms with Crippen LogP contribution in [0.25, 0.3) is 0 Å². The van der Waals surface area contributed by atoms with Crippen LogP contribution in [0.4, 0.5) is 0 Å². The molecule has 0 radical (unpaired) electrons. The normalized spacial score (nSPS) is 18.9. The molecule has 1 aromatic rings. The third-order valence-corrected chi connectivity index (χ3v) is 5.52. The average Bonchev–Trinajstić information content (AvgIpc) is 3.07. The molecule has 0 saturated carbocycles. The summed E-state index contributed by atoms with van der Waals surface area (Å²) in [5, 5.41) is 3.40. The average molecular weight is 517 g/mol. The number of halogens is 1. The Bertz CT molecular complexity index is 607. The number of amides is 1. The lowest BCUT2D eigenvalue weighted by atomic mass is 10.2. The van der Waals surface area contributed by atoms with E-state index in [1.807, 2.05) is 12.1 Å². The van der Waals surface area contributed by atoms with Crippen molar-refractivity contribution in [2.24, 2.45) is 4.99 Å². The first-order valence-electron chi connectivity index (χ1n) is 10.8. The third kappa shape index (κ3) is 7.81. The number of nitrogens with zero attached hydrogens (tertiary/aromatic N) is 4. The Balaban J connectivity index is 0.00000300. The molecule has 2 saturated heterocycles. The van der Waals surface area contributed by atoms with E-state index in [0.29, 0.717) is 19.0 Å². The number of furan rings is 1. The van der Waals surface area contributed by atoms with Crippen LogP contribution in [0.15, 0.2) is 27.8 Å². The van der Waals surface area contributed by atoms with Gasteiger partial charge in [-0.1, -0.05) is 12.8 Å². The number of guanidine groups is 1. The first-order valence-corrected chi connectivity index (χ1v) is 10.8. The topological polar surface area (TPSA) is 64.3 Å². The minimum Gasteiger partial charge on any atom is -0.469 e. The fourth-order valence-corrected chi connectivity index (χ4v) is 3.88. The molecule has 1 N–H and O–H groups in total. The summed E-state index contributed by atoms with van der Waals surface area (Å²) in [4.78, 5) is 24.0. The SMILES string of the molecule is CCNC(=NCCc1ccco1)N1CCN(CC(=O)N2CCCCCC2)CC1.I. The second-order valence-corrected chi connectivity index (χ2v) is 7.62. The summed E-state index contributed by atoms with van der Waals surface area (Å²) in [7, 11) is 0. The highest BCUT2D eigenvalue weighted by atomic mass is 127. The minimum atomic E-state index is 0. The number of aliphatic imine (C=N–C) groups is 1. The van der Waals surface area contributed by atoms with Gasteiger partial charge < -0.3 is 19.5 Å². The van der Waals surface area contributed by atoms with E-state index in [4.69, 9.17) is 9.41 Å². The van der Waals surface area contributed by atoms with Gasteiger partial charge in [0.05, 0.1) is 12.8 Å². The van der Waals surface area contributed by atoms with Crippen LogP contribution in [-0.2, 0) is 11.2 Å². The maximum atomic E-state index is 12.6. The van der Waals surface area contributed by atoms with E-state index in [1.54, 1.807) is 6.26 Å². The third-order valence-electron chi connectivity index (χ3n) is 5.52. The summed E-state index contributed by atoms with van der Waals surface area (Å²) in [6.45, 7) is 9.70. The van der Waals surface area contributed by atoms with E-state index < -0.39 is 0 Å². The molecule has 1 amide bonds. The number of piperazine rings is 1. The molecule has 0 atom stereocenters. The fourth-order valence-electron chi connectivity index (χ4n) is 3.88. The molecule has 3 rings (SSSR count). The summed E-state index contributed by atoms with van der Waals surface area (Å²) < 4.78 is 5.38. The molecule has 0 spiro atoms. The van der Waals surface area contributed by atoms with E-state index in [0.717, 1.165) is 76.8 Å². The minimum absolute atomic E-state index is 0. The van der Waals surface area contributed by atoms with Gasteiger partial charge in [-0.05, 0) is 31.9 Å². The van der Waals surface area contributed by atoms with E-state index in [9.17, 15) is 4.79 Å². The van der Waals surface area contributed by atoms with E-state index in [2.05, 4.69) is 26.9 Å². The predicted octanol–water partition coefficient (Wildman–Crippen LogP) is 2.43. The summed E-state index contributed by atoms with van der Waals surface area (Å²) >= 11 is 0. The van der Waals surface area contributed by atoms with Crippen molar-refractivity contribution in [3.63, 3.8) is 0 Å². The predicted molar refractivity (Wildman–Crippen MR) is 127 cm³/mol. The number of rotatable bonds is 6. The number of hydrogen-bond donors (Lipinski definition) is 1. The molecule has 164 valence electrons. The van der Waals surface area contributed by atoms with Gasteiger partial charge in [-0.2, -0.15) is 0 Å². The van der Waals surface area contributed by atoms with Gasteiger partial charge in [-0.25, -0.2) is 0 Å². The second-order valence-electron chi connectivity index (χ2n) is 7.62. The van der Waals surface area contributed by atoms with Gasteiger partial charge in [0.25, 0.3) is 0 Å². The van der Waals surface area contributed by atoms with Crippen molar-refractivity contribution < 1.29 is 9.21 Å². The van der Waals surface area contributed by atoms with Crippen LogP contribution in [0.5, 0.6) is 0 Å². The molecule has 29 heavy (non-hydrogen) atoms. The van der Waals surface area contributed by atoms with Crippen molar-refractivity contribution in [2.45, 2.75) is 39.0 Å². The molecule has 2 fully saturated rings. The highest BCUT2D eigenvalue weighted by molar-refractivity contribution is 14.0. The maximum Gasteiger partial charge on any atom is 0.236 e. The van der Waals surface area contributed by atoms with Gasteiger partial charge in [0.2, 0.25) is 5.91 Å². The highest BCUT2D eigenvalue weighted by Gasteiger charge is 2.23. The van der Waals surface area contributed by atoms with Crippen LogP contribution in [0.1, 0.15) is 38.4 Å². The molecule has 0 unspecified atom stereocenters. The number of likely N-dealkylation sites (tertiary alicyclic amines) is 1. The van der Waals surface area contributed by atoms with Crippen LogP contribution in [0.2, 0.25) is 0 Å². The number of carbonyl (C=O) groups excluding carboxylic acids is 1. The first kappa shape index (κ1) is 24.0. The van der Waals surface area contributed by atoms with Crippen LogP contribution in [0.3, 0.4) is 0 Å². The number of hydrogen-bond acceptors (Lipinski definition) is 4. The molecule has 8 heteroatoms. The van der Waals surface area contributed by atoms with Crippen LogP contribution in [-0.4, -0.2) is 85.5 Å². The van der Waals surface area contributed by atoms with Gasteiger partial charge in [0.15, 0.2) is 5.96 Å². The summed E-state index contributed by atoms with van der Waals surface area (Å²) in [5.74, 6) is 2.23. The Kier molecular flexibility index (Phi) is 10.8. The Morgan fingerprint density at radius 2 is 1.79 bits per heavy atom. The van der Waals surface area contributed by atoms with Crippen molar-refractivity contribution in [3.8, 4) is 0 Å². The zero-order valence-corrected chi connectivity index (χ0v) is 20.0. The summed E-state index contributed by atoms with van der Waals surface area (Å²) in [5.41, 5.74) is 0. The van der Waals surface area contributed by atoms with Gasteiger partial charge in [-0.3, -0.25) is 14.7 Å². The molecule has 3 heterocycles. The fraction of sp³-hybridized carbons (Fsp3) is 0.714. The van der Waals surface area contributed by atoms with E-state index >= 15 is 0 Å². The summed E-state index contributed by atoms with van der Waals surface area (Å²) in [6.07, 6.45) is 7.34. The van der Waals surface area contributed by atoms with E-state index in [1.165, 1.54) is 12.8 Å². The molecule has 0 aromatic carbocycles. The summed E-state index contributed by atoms with van der Waals surface area (Å²) in [6, 6.07) is 3.90. The molecule has 0 aliphatic carbocycles. The molecular weight excluding hydrogens is 481 g/mol. The Labute approximate surface area is 191 Å². The monoisotopic (exact) mass is 517 g/mol. The Morgan fingerprint density at radius 3 is 2.41 bits per heavy atom. The van der Waals surface area contributed by atoms with Crippen LogP contribution >= 0.6 is 24.0 Å². The molecule has 2 aliphatic rings. The highest BCUT2D eigenvalue weighted by Crippen LogP contribution is 2.11. The second kappa shape index (κ2) is 13.1. The number of nitrogens with one attached hydrogen (secondary N) is 1. The first-order chi connectivity index (χ1) is 13.8. The lowest BCUT2D eigenvalue weighted by Crippen LogP contribution is -2.54. The van der Waals surface area contributed by atoms with Crippen molar-refractivity contribution in [1.82, 2.24) is 20.0 Å². The molecular formula is C21H36IN5O2. The smallest absolute Gasteiger partial charge is 0.236 e. The zero-order chi connectivity index (χ0) is 19.6. The number of carbonyl (C=O) groups is 1. The lowest BCUT2D eigenvalue weighted by molar-refractivity contribution is -0.132. The van der Waals surface area contributed by atoms with Crippen LogP contribution in [0, 0.1) is 0 Å². The molecule has 0 bridgehead atoms. The maximum absolute atomic E-state index is 12.6. The van der Waals surface area contributed by atoms with Gasteiger partial charge >= 0.3 is 0 Å². The van der Waals surface area contributed by atoms with Gasteiger partial charge in [-0.15, -0.1) is 24.0 Å². The molecule has 1 aromatic heterocycles. The largest absolute Gasteiger partial charge is 0.469 e. The lowest BCUT2D eigenvalue weighted by Gasteiger charge is -2.37. The van der Waals surface area contributed by atoms with Crippen LogP contribution < -0.4 is 5.32 Å². The zero-order valence-electron chi connectivity index (χ0n) is 17.6. The van der Waals surface area contributed by atoms with Gasteiger partial charge in [0, 0.05) is 58.8 Å². The quantitative estimate of drug-likeness (QED) is 0.357. The molecule has 2 aliphatic heterocycles. The Hall–Kier alpha value is -1.29. The Morgan fingerprint density at radius 1 is 1.07 bits per heavy atom. The van der Waals surface area contributed by atoms with Gasteiger partial charge in [0.1, 0.15) is 5.76 Å². The molecule has 7 nitrogen and oxygen atoms in total. The van der Waals surface area contributed by atoms with Crippen molar-refractivity contribution >= 4 is 35.8 Å². The van der Waals surface area contributed by atoms with Crippen molar-refractivity contribution in [3.05, 3.63) is 24.2 Å². The standard InChI is InChI=1S/C21H35N5O2.HI/c1-2-22-21(23-10-9-19-8-7-17-28-19)26-15-13-24(14-16-26)18-20(27)25-11-5-3-4-6-12-25;/h7-8,17H,2-6,9-16,18H2,1H3,(H,22,23);1H. The van der Waals surface area contributed by atoms with Crippen molar-refractivity contribution in [1.29, 1.82) is 0 Å². The van der Waals surface area contributed by atoms with Crippen molar-refractivity contribution in [2.75, 3.05) is 58.9 Å². The van der Waals surface area contributed by atoms with E-state index in [-0.39, 0.29) is 24.0 Å².